The van der Waals surface area contributed by atoms with E-state index in [1.54, 1.807) is 0 Å². The second-order valence-corrected chi connectivity index (χ2v) is 7.13. The van der Waals surface area contributed by atoms with Crippen LogP contribution in [-0.2, 0) is 17.5 Å². The number of amides is 1. The molecule has 1 amide bonds. The summed E-state index contributed by atoms with van der Waals surface area (Å²) in [5, 5.41) is 7.14. The molecule has 0 saturated carbocycles. The Morgan fingerprint density at radius 1 is 1.28 bits per heavy atom. The van der Waals surface area contributed by atoms with Gasteiger partial charge in [-0.25, -0.2) is 18.3 Å². The molecule has 6 nitrogen and oxygen atoms in total. The van der Waals surface area contributed by atoms with Crippen LogP contribution in [0.25, 0.3) is 5.65 Å². The van der Waals surface area contributed by atoms with Gasteiger partial charge < -0.3 is 10.2 Å². The van der Waals surface area contributed by atoms with Crippen molar-refractivity contribution in [1.29, 1.82) is 0 Å². The number of hydrogen-bond donors (Lipinski definition) is 1. The number of nitrogens with one attached hydrogen (secondary N) is 1. The first-order valence-electron chi connectivity index (χ1n) is 9.12. The molecule has 3 rings (SSSR count). The minimum atomic E-state index is -4.76. The van der Waals surface area contributed by atoms with E-state index in [2.05, 4.69) is 15.4 Å². The lowest BCUT2D eigenvalue weighted by atomic mass is 9.88. The molecule has 2 radical (unpaired) electrons. The summed E-state index contributed by atoms with van der Waals surface area (Å²) in [7, 11) is 4.71. The number of carbonyl (C=O) groups is 1. The largest absolute Gasteiger partial charge is 0.435 e. The molecule has 1 unspecified atom stereocenters. The van der Waals surface area contributed by atoms with E-state index >= 15 is 0 Å². The molecular weight excluding hydrogens is 396 g/mol. The van der Waals surface area contributed by atoms with Crippen LogP contribution in [-0.4, -0.2) is 52.2 Å². The molecule has 0 bridgehead atoms. The minimum Gasteiger partial charge on any atom is -0.369 e. The molecule has 1 aliphatic rings. The van der Waals surface area contributed by atoms with Crippen LogP contribution in [0, 0.1) is 5.92 Å². The Hall–Kier alpha value is -2.40. The summed E-state index contributed by atoms with van der Waals surface area (Å²) in [4.78, 5) is 16.9. The summed E-state index contributed by atoms with van der Waals surface area (Å²) in [5.41, 5.74) is -1.50. The highest BCUT2D eigenvalue weighted by atomic mass is 19.4. The maximum Gasteiger partial charge on any atom is 0.435 e. The topological polar surface area (TPSA) is 62.5 Å². The van der Waals surface area contributed by atoms with E-state index in [9.17, 15) is 26.7 Å². The molecular formula is C17H19BF5N5O. The summed E-state index contributed by atoms with van der Waals surface area (Å²) >= 11 is 0. The number of hydrogen-bond acceptors (Lipinski definition) is 4. The lowest BCUT2D eigenvalue weighted by Crippen LogP contribution is -2.28. The molecule has 1 atom stereocenters. The highest BCUT2D eigenvalue weighted by Gasteiger charge is 2.41. The Morgan fingerprint density at radius 2 is 2.00 bits per heavy atom. The van der Waals surface area contributed by atoms with Crippen molar-refractivity contribution in [1.82, 2.24) is 19.5 Å². The van der Waals surface area contributed by atoms with E-state index in [0.717, 1.165) is 15.8 Å². The molecule has 2 aromatic rings. The SMILES string of the molecule is [B]C(F)(F)CC1CC(=O)N(Cc2c(C(F)(F)F)nc3ccc(NCCC)nn23)C1. The van der Waals surface area contributed by atoms with Gasteiger partial charge in [-0.3, -0.25) is 4.79 Å². The molecule has 1 N–H and O–H groups in total. The minimum absolute atomic E-state index is 0.0222. The zero-order chi connectivity index (χ0) is 21.4. The molecule has 2 aromatic heterocycles. The average molecular weight is 415 g/mol. The maximum atomic E-state index is 13.5. The first-order chi connectivity index (χ1) is 13.5. The third kappa shape index (κ3) is 4.97. The second kappa shape index (κ2) is 7.79. The van der Waals surface area contributed by atoms with E-state index in [1.807, 2.05) is 6.92 Å². The first kappa shape index (κ1) is 21.3. The summed E-state index contributed by atoms with van der Waals surface area (Å²) in [6.45, 7) is 1.96. The molecule has 1 aliphatic heterocycles. The number of carbonyl (C=O) groups excluding carboxylic acids is 1. The number of rotatable bonds is 7. The van der Waals surface area contributed by atoms with Gasteiger partial charge in [-0.1, -0.05) is 6.92 Å². The maximum absolute atomic E-state index is 13.5. The zero-order valence-corrected chi connectivity index (χ0v) is 15.6. The van der Waals surface area contributed by atoms with E-state index in [1.165, 1.54) is 12.1 Å². The van der Waals surface area contributed by atoms with Crippen LogP contribution in [0.4, 0.5) is 27.8 Å². The Morgan fingerprint density at radius 3 is 2.62 bits per heavy atom. The fourth-order valence-corrected chi connectivity index (χ4v) is 3.40. The summed E-state index contributed by atoms with van der Waals surface area (Å²) in [6, 6.07) is 2.91. The molecule has 29 heavy (non-hydrogen) atoms. The Labute approximate surface area is 164 Å². The number of nitrogens with zero attached hydrogens (tertiary/aromatic N) is 4. The van der Waals surface area contributed by atoms with Gasteiger partial charge in [0.25, 0.3) is 0 Å². The third-order valence-electron chi connectivity index (χ3n) is 4.59. The number of halogens is 5. The third-order valence-corrected chi connectivity index (χ3v) is 4.59. The van der Waals surface area contributed by atoms with Gasteiger partial charge in [0.15, 0.2) is 19.2 Å². The predicted molar refractivity (Wildman–Crippen MR) is 95.6 cm³/mol. The van der Waals surface area contributed by atoms with E-state index in [0.29, 0.717) is 12.4 Å². The van der Waals surface area contributed by atoms with Gasteiger partial charge in [-0.15, -0.1) is 5.10 Å². The number of fused-ring (bicyclic) bond motifs is 1. The van der Waals surface area contributed by atoms with Crippen LogP contribution in [0.5, 0.6) is 0 Å². The van der Waals surface area contributed by atoms with Gasteiger partial charge in [0.1, 0.15) is 5.82 Å². The average Bonchev–Trinajstić information content (AvgIpc) is 3.12. The van der Waals surface area contributed by atoms with Crippen molar-refractivity contribution >= 4 is 25.2 Å². The van der Waals surface area contributed by atoms with Crippen LogP contribution < -0.4 is 5.32 Å². The van der Waals surface area contributed by atoms with Crippen LogP contribution in [0.3, 0.4) is 0 Å². The molecule has 0 aromatic carbocycles. The van der Waals surface area contributed by atoms with Gasteiger partial charge in [0, 0.05) is 25.9 Å². The molecule has 12 heteroatoms. The number of likely N-dealkylation sites (tertiary alicyclic amines) is 1. The van der Waals surface area contributed by atoms with Crippen LogP contribution in [0.1, 0.15) is 37.6 Å². The first-order valence-corrected chi connectivity index (χ1v) is 9.12. The van der Waals surface area contributed by atoms with E-state index in [4.69, 9.17) is 7.85 Å². The number of aromatic nitrogens is 3. The van der Waals surface area contributed by atoms with Gasteiger partial charge in [0.05, 0.1) is 12.2 Å². The van der Waals surface area contributed by atoms with Crippen molar-refractivity contribution in [3.63, 3.8) is 0 Å². The highest BCUT2D eigenvalue weighted by Crippen LogP contribution is 2.34. The van der Waals surface area contributed by atoms with Crippen molar-refractivity contribution in [2.24, 2.45) is 5.92 Å². The quantitative estimate of drug-likeness (QED) is 0.558. The van der Waals surface area contributed by atoms with Gasteiger partial charge in [-0.05, 0) is 24.5 Å². The van der Waals surface area contributed by atoms with Gasteiger partial charge in [0.2, 0.25) is 11.7 Å². The molecule has 1 saturated heterocycles. The summed E-state index contributed by atoms with van der Waals surface area (Å²) in [5.74, 6) is -4.32. The Bertz CT molecular complexity index is 895. The van der Waals surface area contributed by atoms with Crippen molar-refractivity contribution in [3.05, 3.63) is 23.5 Å². The van der Waals surface area contributed by atoms with Crippen molar-refractivity contribution in [3.8, 4) is 0 Å². The normalized spacial score (nSPS) is 18.1. The monoisotopic (exact) mass is 415 g/mol. The summed E-state index contributed by atoms with van der Waals surface area (Å²) in [6.07, 6.45) is -4.87. The lowest BCUT2D eigenvalue weighted by Gasteiger charge is -2.19. The van der Waals surface area contributed by atoms with Crippen LogP contribution in [0.15, 0.2) is 12.1 Å². The van der Waals surface area contributed by atoms with Crippen molar-refractivity contribution in [2.45, 2.75) is 44.7 Å². The fraction of sp³-hybridized carbons (Fsp3) is 0.588. The fourth-order valence-electron chi connectivity index (χ4n) is 3.40. The van der Waals surface area contributed by atoms with Crippen LogP contribution in [0.2, 0.25) is 0 Å². The number of anilines is 1. The number of alkyl halides is 5. The lowest BCUT2D eigenvalue weighted by molar-refractivity contribution is -0.142. The summed E-state index contributed by atoms with van der Waals surface area (Å²) < 4.78 is 67.7. The molecule has 0 spiro atoms. The van der Waals surface area contributed by atoms with Crippen molar-refractivity contribution in [2.75, 3.05) is 18.4 Å². The molecule has 156 valence electrons. The van der Waals surface area contributed by atoms with Gasteiger partial charge >= 0.3 is 6.18 Å². The van der Waals surface area contributed by atoms with Crippen molar-refractivity contribution < 1.29 is 26.7 Å². The number of imidazole rings is 1. The molecule has 0 aliphatic carbocycles. The highest BCUT2D eigenvalue weighted by molar-refractivity contribution is 6.13. The smallest absolute Gasteiger partial charge is 0.369 e. The second-order valence-electron chi connectivity index (χ2n) is 7.13. The Kier molecular flexibility index (Phi) is 5.73. The van der Waals surface area contributed by atoms with Crippen LogP contribution >= 0.6 is 0 Å². The predicted octanol–water partition coefficient (Wildman–Crippen LogP) is 3.07. The van der Waals surface area contributed by atoms with Gasteiger partial charge in [-0.2, -0.15) is 13.2 Å². The standard InChI is InChI=1S/C17H19BF5N5O/c1-2-5-24-12-3-4-13-25-15(17(21,22)23)11(28(13)26-12)9-27-8-10(6-14(27)29)7-16(18,19)20/h3-4,10H,2,5-9H2,1H3,(H,24,26). The van der Waals surface area contributed by atoms with E-state index < -0.39 is 42.5 Å². The van der Waals surface area contributed by atoms with E-state index in [-0.39, 0.29) is 24.3 Å². The zero-order valence-electron chi connectivity index (χ0n) is 15.6. The Balaban J connectivity index is 1.93. The molecule has 3 heterocycles. The molecule has 1 fully saturated rings.